The van der Waals surface area contributed by atoms with Crippen LogP contribution in [0.5, 0.6) is 0 Å². The molecule has 0 unspecified atom stereocenters. The Morgan fingerprint density at radius 3 is 2.09 bits per heavy atom. The SMILES string of the molecule is Cc1ccc(CNC(=O)CN2C(=O)c3ccccc3C2=O)cc1. The van der Waals surface area contributed by atoms with Gasteiger partial charge in [-0.1, -0.05) is 42.0 Å². The lowest BCUT2D eigenvalue weighted by Crippen LogP contribution is -2.40. The predicted octanol–water partition coefficient (Wildman–Crippen LogP) is 1.91. The fourth-order valence-corrected chi connectivity index (χ4v) is 2.49. The Balaban J connectivity index is 1.62. The average molecular weight is 308 g/mol. The third kappa shape index (κ3) is 2.99. The van der Waals surface area contributed by atoms with E-state index >= 15 is 0 Å². The minimum atomic E-state index is -0.420. The Bertz CT molecular complexity index is 746. The lowest BCUT2D eigenvalue weighted by molar-refractivity contribution is -0.121. The van der Waals surface area contributed by atoms with Crippen LogP contribution in [0.4, 0.5) is 0 Å². The van der Waals surface area contributed by atoms with Gasteiger partial charge in [-0.05, 0) is 24.6 Å². The molecule has 0 radical (unpaired) electrons. The minimum Gasteiger partial charge on any atom is -0.350 e. The van der Waals surface area contributed by atoms with Crippen molar-refractivity contribution >= 4 is 17.7 Å². The summed E-state index contributed by atoms with van der Waals surface area (Å²) in [6, 6.07) is 14.4. The lowest BCUT2D eigenvalue weighted by Gasteiger charge is -2.13. The molecule has 0 atom stereocenters. The van der Waals surface area contributed by atoms with Gasteiger partial charge in [0.15, 0.2) is 0 Å². The van der Waals surface area contributed by atoms with Gasteiger partial charge in [-0.15, -0.1) is 0 Å². The normalized spacial score (nSPS) is 13.2. The van der Waals surface area contributed by atoms with Gasteiger partial charge in [0, 0.05) is 6.54 Å². The van der Waals surface area contributed by atoms with Crippen molar-refractivity contribution < 1.29 is 14.4 Å². The second-order valence-electron chi connectivity index (χ2n) is 5.50. The molecule has 0 fully saturated rings. The highest BCUT2D eigenvalue weighted by molar-refractivity contribution is 6.22. The van der Waals surface area contributed by atoms with E-state index in [4.69, 9.17) is 0 Å². The third-order valence-corrected chi connectivity index (χ3v) is 3.79. The molecule has 0 saturated carbocycles. The fourth-order valence-electron chi connectivity index (χ4n) is 2.49. The maximum atomic E-state index is 12.2. The number of fused-ring (bicyclic) bond motifs is 1. The topological polar surface area (TPSA) is 66.5 Å². The summed E-state index contributed by atoms with van der Waals surface area (Å²) >= 11 is 0. The molecule has 116 valence electrons. The molecule has 0 aromatic heterocycles. The van der Waals surface area contributed by atoms with Gasteiger partial charge in [-0.2, -0.15) is 0 Å². The molecule has 1 N–H and O–H groups in total. The van der Waals surface area contributed by atoms with Crippen LogP contribution < -0.4 is 5.32 Å². The number of hydrogen-bond donors (Lipinski definition) is 1. The van der Waals surface area contributed by atoms with Gasteiger partial charge in [0.25, 0.3) is 11.8 Å². The van der Waals surface area contributed by atoms with Gasteiger partial charge in [-0.25, -0.2) is 0 Å². The summed E-state index contributed by atoms with van der Waals surface area (Å²) in [5.41, 5.74) is 2.81. The first kappa shape index (κ1) is 15.0. The fraction of sp³-hybridized carbons (Fsp3) is 0.167. The first-order valence-corrected chi connectivity index (χ1v) is 7.34. The highest BCUT2D eigenvalue weighted by Crippen LogP contribution is 2.21. The predicted molar refractivity (Wildman–Crippen MR) is 84.8 cm³/mol. The first-order chi connectivity index (χ1) is 11.1. The Hall–Kier alpha value is -2.95. The van der Waals surface area contributed by atoms with E-state index in [0.717, 1.165) is 16.0 Å². The van der Waals surface area contributed by atoms with Crippen LogP contribution in [0.3, 0.4) is 0 Å². The molecule has 0 bridgehead atoms. The van der Waals surface area contributed by atoms with Crippen molar-refractivity contribution in [3.05, 3.63) is 70.8 Å². The van der Waals surface area contributed by atoms with Crippen molar-refractivity contribution in [2.75, 3.05) is 6.54 Å². The maximum absolute atomic E-state index is 12.2. The summed E-state index contributed by atoms with van der Waals surface area (Å²) < 4.78 is 0. The number of carbonyl (C=O) groups excluding carboxylic acids is 3. The first-order valence-electron chi connectivity index (χ1n) is 7.34. The van der Waals surface area contributed by atoms with Crippen molar-refractivity contribution in [3.8, 4) is 0 Å². The Labute approximate surface area is 133 Å². The Morgan fingerprint density at radius 2 is 1.52 bits per heavy atom. The molecule has 0 aliphatic carbocycles. The molecule has 0 spiro atoms. The summed E-state index contributed by atoms with van der Waals surface area (Å²) in [4.78, 5) is 37.4. The van der Waals surface area contributed by atoms with E-state index in [9.17, 15) is 14.4 Å². The van der Waals surface area contributed by atoms with E-state index < -0.39 is 11.8 Å². The van der Waals surface area contributed by atoms with Gasteiger partial charge < -0.3 is 5.32 Å². The Kier molecular flexibility index (Phi) is 3.93. The molecule has 23 heavy (non-hydrogen) atoms. The average Bonchev–Trinajstić information content (AvgIpc) is 2.80. The van der Waals surface area contributed by atoms with Crippen molar-refractivity contribution in [3.63, 3.8) is 0 Å². The van der Waals surface area contributed by atoms with E-state index in [1.165, 1.54) is 0 Å². The summed E-state index contributed by atoms with van der Waals surface area (Å²) in [6.45, 7) is 2.09. The van der Waals surface area contributed by atoms with E-state index in [-0.39, 0.29) is 12.5 Å². The van der Waals surface area contributed by atoms with Crippen LogP contribution in [0, 0.1) is 6.92 Å². The molecule has 5 nitrogen and oxygen atoms in total. The monoisotopic (exact) mass is 308 g/mol. The van der Waals surface area contributed by atoms with Gasteiger partial charge >= 0.3 is 0 Å². The molecule has 1 heterocycles. The molecule has 0 saturated heterocycles. The number of amides is 3. The molecular formula is C18H16N2O3. The van der Waals surface area contributed by atoms with Crippen LogP contribution in [0.2, 0.25) is 0 Å². The summed E-state index contributed by atoms with van der Waals surface area (Å²) in [5, 5.41) is 2.73. The summed E-state index contributed by atoms with van der Waals surface area (Å²) in [5.74, 6) is -1.20. The Morgan fingerprint density at radius 1 is 0.957 bits per heavy atom. The van der Waals surface area contributed by atoms with E-state index in [1.807, 2.05) is 31.2 Å². The van der Waals surface area contributed by atoms with E-state index in [1.54, 1.807) is 24.3 Å². The molecule has 2 aromatic carbocycles. The molecule has 2 aromatic rings. The second kappa shape index (κ2) is 6.04. The van der Waals surface area contributed by atoms with Gasteiger partial charge in [-0.3, -0.25) is 19.3 Å². The minimum absolute atomic E-state index is 0.266. The second-order valence-corrected chi connectivity index (χ2v) is 5.50. The van der Waals surface area contributed by atoms with Crippen molar-refractivity contribution in [1.82, 2.24) is 10.2 Å². The number of rotatable bonds is 4. The number of nitrogens with zero attached hydrogens (tertiary/aromatic N) is 1. The molecule has 3 amide bonds. The number of benzene rings is 2. The smallest absolute Gasteiger partial charge is 0.262 e. The molecular weight excluding hydrogens is 292 g/mol. The third-order valence-electron chi connectivity index (χ3n) is 3.79. The summed E-state index contributed by atoms with van der Waals surface area (Å²) in [7, 11) is 0. The van der Waals surface area contributed by atoms with Gasteiger partial charge in [0.2, 0.25) is 5.91 Å². The highest BCUT2D eigenvalue weighted by Gasteiger charge is 2.36. The standard InChI is InChI=1S/C18H16N2O3/c1-12-6-8-13(9-7-12)10-19-16(21)11-20-17(22)14-4-2-3-5-15(14)18(20)23/h2-9H,10-11H2,1H3,(H,19,21). The van der Waals surface area contributed by atoms with Crippen molar-refractivity contribution in [2.24, 2.45) is 0 Å². The van der Waals surface area contributed by atoms with Crippen molar-refractivity contribution in [2.45, 2.75) is 13.5 Å². The maximum Gasteiger partial charge on any atom is 0.262 e. The number of carbonyl (C=O) groups is 3. The van der Waals surface area contributed by atoms with E-state index in [2.05, 4.69) is 5.32 Å². The van der Waals surface area contributed by atoms with Crippen LogP contribution in [0.15, 0.2) is 48.5 Å². The van der Waals surface area contributed by atoms with Crippen LogP contribution in [-0.2, 0) is 11.3 Å². The van der Waals surface area contributed by atoms with Crippen LogP contribution in [0.1, 0.15) is 31.8 Å². The lowest BCUT2D eigenvalue weighted by atomic mass is 10.1. The molecule has 3 rings (SSSR count). The quantitative estimate of drug-likeness (QED) is 0.877. The number of imide groups is 1. The van der Waals surface area contributed by atoms with Gasteiger partial charge in [0.05, 0.1) is 11.1 Å². The number of hydrogen-bond acceptors (Lipinski definition) is 3. The largest absolute Gasteiger partial charge is 0.350 e. The van der Waals surface area contributed by atoms with Crippen LogP contribution >= 0.6 is 0 Å². The van der Waals surface area contributed by atoms with Gasteiger partial charge in [0.1, 0.15) is 6.54 Å². The van der Waals surface area contributed by atoms with E-state index in [0.29, 0.717) is 17.7 Å². The zero-order valence-electron chi connectivity index (χ0n) is 12.7. The highest BCUT2D eigenvalue weighted by atomic mass is 16.2. The van der Waals surface area contributed by atoms with Crippen LogP contribution in [-0.4, -0.2) is 29.2 Å². The molecule has 1 aliphatic rings. The van der Waals surface area contributed by atoms with Crippen molar-refractivity contribution in [1.29, 1.82) is 0 Å². The zero-order chi connectivity index (χ0) is 16.4. The zero-order valence-corrected chi connectivity index (χ0v) is 12.7. The number of aryl methyl sites for hydroxylation is 1. The summed E-state index contributed by atoms with van der Waals surface area (Å²) in [6.07, 6.45) is 0. The number of nitrogens with one attached hydrogen (secondary N) is 1. The van der Waals surface area contributed by atoms with Crippen LogP contribution in [0.25, 0.3) is 0 Å². The molecule has 5 heteroatoms. The molecule has 1 aliphatic heterocycles.